The summed E-state index contributed by atoms with van der Waals surface area (Å²) in [6, 6.07) is 0. The minimum Gasteiger partial charge on any atom is -0.501 e. The molecule has 0 rings (SSSR count). The molecule has 0 aliphatic rings. The number of amides is 1. The summed E-state index contributed by atoms with van der Waals surface area (Å²) in [6.45, 7) is 2.96. The van der Waals surface area contributed by atoms with E-state index in [0.29, 0.717) is 0 Å². The van der Waals surface area contributed by atoms with Crippen LogP contribution >= 0.6 is 0 Å². The lowest BCUT2D eigenvalue weighted by molar-refractivity contribution is -0.145. The summed E-state index contributed by atoms with van der Waals surface area (Å²) in [5, 5.41) is 9.28. The van der Waals surface area contributed by atoms with Crippen molar-refractivity contribution in [3.05, 3.63) is 11.3 Å². The molecule has 0 heterocycles. The molecule has 3 N–H and O–H groups in total. The van der Waals surface area contributed by atoms with Gasteiger partial charge in [-0.2, -0.15) is 0 Å². The average Bonchev–Trinajstić information content (AvgIpc) is 2.17. The van der Waals surface area contributed by atoms with Gasteiger partial charge in [0.15, 0.2) is 5.57 Å². The Balaban J connectivity index is 5.15. The first kappa shape index (κ1) is 13.9. The molecular formula is C9H13NO6. The van der Waals surface area contributed by atoms with Crippen LogP contribution in [0.4, 0.5) is 0 Å². The first-order chi connectivity index (χ1) is 7.45. The third-order valence-electron chi connectivity index (χ3n) is 1.43. The van der Waals surface area contributed by atoms with Crippen molar-refractivity contribution in [1.29, 1.82) is 0 Å². The van der Waals surface area contributed by atoms with Crippen LogP contribution in [0.2, 0.25) is 0 Å². The molecular weight excluding hydrogens is 218 g/mol. The van der Waals surface area contributed by atoms with Crippen LogP contribution in [0.5, 0.6) is 0 Å². The molecule has 0 spiro atoms. The van der Waals surface area contributed by atoms with E-state index in [-0.39, 0.29) is 13.2 Å². The lowest BCUT2D eigenvalue weighted by atomic mass is 10.2. The van der Waals surface area contributed by atoms with Crippen molar-refractivity contribution in [3.63, 3.8) is 0 Å². The second-order valence-corrected chi connectivity index (χ2v) is 2.53. The fourth-order valence-electron chi connectivity index (χ4n) is 0.819. The van der Waals surface area contributed by atoms with Gasteiger partial charge in [-0.15, -0.1) is 0 Å². The number of rotatable bonds is 5. The number of hydrogen-bond donors (Lipinski definition) is 2. The van der Waals surface area contributed by atoms with Gasteiger partial charge in [0, 0.05) is 0 Å². The van der Waals surface area contributed by atoms with Crippen LogP contribution in [0, 0.1) is 0 Å². The maximum Gasteiger partial charge on any atom is 0.374 e. The molecule has 0 bridgehead atoms. The van der Waals surface area contributed by atoms with Crippen LogP contribution < -0.4 is 5.73 Å². The molecule has 0 unspecified atom stereocenters. The van der Waals surface area contributed by atoms with Gasteiger partial charge in [-0.05, 0) is 13.8 Å². The van der Waals surface area contributed by atoms with Gasteiger partial charge in [0.05, 0.1) is 13.2 Å². The fraction of sp³-hybridized carbons (Fsp3) is 0.444. The van der Waals surface area contributed by atoms with Gasteiger partial charge < -0.3 is 20.3 Å². The molecule has 7 nitrogen and oxygen atoms in total. The third-order valence-corrected chi connectivity index (χ3v) is 1.43. The molecule has 0 saturated heterocycles. The summed E-state index contributed by atoms with van der Waals surface area (Å²) in [5.74, 6) is -4.78. The van der Waals surface area contributed by atoms with Gasteiger partial charge in [-0.25, -0.2) is 9.59 Å². The topological polar surface area (TPSA) is 116 Å². The Bertz CT molecular complexity index is 333. The van der Waals surface area contributed by atoms with Gasteiger partial charge in [-0.1, -0.05) is 0 Å². The monoisotopic (exact) mass is 231 g/mol. The SMILES string of the molecule is CCOC(=O)C(O)=C(C(N)=O)C(=O)OCC. The molecule has 0 aromatic carbocycles. The predicted molar refractivity (Wildman–Crippen MR) is 52.1 cm³/mol. The van der Waals surface area contributed by atoms with Crippen molar-refractivity contribution < 1.29 is 29.0 Å². The molecule has 0 saturated carbocycles. The van der Waals surface area contributed by atoms with Crippen molar-refractivity contribution in [1.82, 2.24) is 0 Å². The molecule has 0 fully saturated rings. The number of carbonyl (C=O) groups is 3. The lowest BCUT2D eigenvalue weighted by Crippen LogP contribution is -2.27. The van der Waals surface area contributed by atoms with E-state index in [1.807, 2.05) is 0 Å². The molecule has 0 aliphatic carbocycles. The zero-order chi connectivity index (χ0) is 12.7. The highest BCUT2D eigenvalue weighted by molar-refractivity contribution is 6.19. The quantitative estimate of drug-likeness (QED) is 0.215. The predicted octanol–water partition coefficient (Wildman–Crippen LogP) is -0.590. The Kier molecular flexibility index (Phi) is 5.61. The third kappa shape index (κ3) is 3.60. The summed E-state index contributed by atoms with van der Waals surface area (Å²) >= 11 is 0. The van der Waals surface area contributed by atoms with E-state index in [4.69, 9.17) is 5.73 Å². The van der Waals surface area contributed by atoms with Crippen molar-refractivity contribution in [3.8, 4) is 0 Å². The summed E-state index contributed by atoms with van der Waals surface area (Å²) < 4.78 is 8.85. The number of primary amides is 1. The number of ether oxygens (including phenoxy) is 2. The molecule has 16 heavy (non-hydrogen) atoms. The van der Waals surface area contributed by atoms with E-state index in [1.54, 1.807) is 0 Å². The number of hydrogen-bond acceptors (Lipinski definition) is 6. The van der Waals surface area contributed by atoms with E-state index in [0.717, 1.165) is 0 Å². The molecule has 0 atom stereocenters. The zero-order valence-corrected chi connectivity index (χ0v) is 8.98. The molecule has 0 aromatic heterocycles. The van der Waals surface area contributed by atoms with Gasteiger partial charge in [0.2, 0.25) is 5.76 Å². The van der Waals surface area contributed by atoms with E-state index >= 15 is 0 Å². The molecule has 7 heteroatoms. The maximum absolute atomic E-state index is 11.2. The van der Waals surface area contributed by atoms with E-state index in [2.05, 4.69) is 9.47 Å². The molecule has 0 aliphatic heterocycles. The Hall–Kier alpha value is -2.05. The highest BCUT2D eigenvalue weighted by atomic mass is 16.5. The van der Waals surface area contributed by atoms with Crippen LogP contribution in [0.1, 0.15) is 13.8 Å². The Morgan fingerprint density at radius 3 is 1.88 bits per heavy atom. The van der Waals surface area contributed by atoms with E-state index in [9.17, 15) is 19.5 Å². The number of esters is 2. The maximum atomic E-state index is 11.2. The average molecular weight is 231 g/mol. The Morgan fingerprint density at radius 1 is 1.06 bits per heavy atom. The van der Waals surface area contributed by atoms with Gasteiger partial charge in [-0.3, -0.25) is 4.79 Å². The smallest absolute Gasteiger partial charge is 0.374 e. The minimum absolute atomic E-state index is 0.0161. The summed E-state index contributed by atoms with van der Waals surface area (Å²) in [7, 11) is 0. The first-order valence-electron chi connectivity index (χ1n) is 4.52. The summed E-state index contributed by atoms with van der Waals surface area (Å²) in [5.41, 5.74) is 3.92. The molecule has 0 radical (unpaired) electrons. The highest BCUT2D eigenvalue weighted by Crippen LogP contribution is 2.06. The largest absolute Gasteiger partial charge is 0.501 e. The van der Waals surface area contributed by atoms with Crippen LogP contribution in [0.3, 0.4) is 0 Å². The number of aliphatic hydroxyl groups is 1. The van der Waals surface area contributed by atoms with Gasteiger partial charge in [0.1, 0.15) is 0 Å². The van der Waals surface area contributed by atoms with Crippen molar-refractivity contribution in [2.24, 2.45) is 5.73 Å². The Labute approximate surface area is 91.8 Å². The van der Waals surface area contributed by atoms with Crippen molar-refractivity contribution >= 4 is 17.8 Å². The zero-order valence-electron chi connectivity index (χ0n) is 8.98. The van der Waals surface area contributed by atoms with E-state index < -0.39 is 29.2 Å². The minimum atomic E-state index is -1.26. The van der Waals surface area contributed by atoms with Crippen LogP contribution in [0.15, 0.2) is 11.3 Å². The number of aliphatic hydroxyl groups excluding tert-OH is 1. The van der Waals surface area contributed by atoms with Crippen LogP contribution in [-0.4, -0.2) is 36.2 Å². The first-order valence-corrected chi connectivity index (χ1v) is 4.52. The lowest BCUT2D eigenvalue weighted by Gasteiger charge is -2.06. The van der Waals surface area contributed by atoms with E-state index in [1.165, 1.54) is 13.8 Å². The number of nitrogens with two attached hydrogens (primary N) is 1. The highest BCUT2D eigenvalue weighted by Gasteiger charge is 2.27. The van der Waals surface area contributed by atoms with Gasteiger partial charge >= 0.3 is 11.9 Å². The number of carbonyl (C=O) groups excluding carboxylic acids is 3. The Morgan fingerprint density at radius 2 is 1.50 bits per heavy atom. The second-order valence-electron chi connectivity index (χ2n) is 2.53. The van der Waals surface area contributed by atoms with Crippen molar-refractivity contribution in [2.75, 3.05) is 13.2 Å². The summed E-state index contributed by atoms with van der Waals surface area (Å²) in [6.07, 6.45) is 0. The normalized spacial score (nSPS) is 11.4. The summed E-state index contributed by atoms with van der Waals surface area (Å²) in [4.78, 5) is 33.1. The van der Waals surface area contributed by atoms with Crippen molar-refractivity contribution in [2.45, 2.75) is 13.8 Å². The van der Waals surface area contributed by atoms with Crippen LogP contribution in [-0.2, 0) is 23.9 Å². The fourth-order valence-corrected chi connectivity index (χ4v) is 0.819. The molecule has 90 valence electrons. The second kappa shape index (κ2) is 6.44. The molecule has 1 amide bonds. The standard InChI is InChI=1S/C9H13NO6/c1-3-15-8(13)5(7(10)12)6(11)9(14)16-4-2/h11H,3-4H2,1-2H3,(H2,10,12). The van der Waals surface area contributed by atoms with Crippen LogP contribution in [0.25, 0.3) is 0 Å². The molecule has 0 aromatic rings. The van der Waals surface area contributed by atoms with Gasteiger partial charge in [0.25, 0.3) is 5.91 Å².